The van der Waals surface area contributed by atoms with E-state index in [1.807, 2.05) is 18.3 Å². The highest BCUT2D eigenvalue weighted by Gasteiger charge is 2.30. The summed E-state index contributed by atoms with van der Waals surface area (Å²) in [6.45, 7) is 4.03. The Morgan fingerprint density at radius 3 is 2.95 bits per heavy atom. The van der Waals surface area contributed by atoms with E-state index < -0.39 is 0 Å². The Hall–Kier alpha value is 0.420. The summed E-state index contributed by atoms with van der Waals surface area (Å²) < 4.78 is 6.47. The summed E-state index contributed by atoms with van der Waals surface area (Å²) in [5.41, 5.74) is 0. The molecule has 1 aromatic rings. The number of H-pyrrole nitrogens is 1. The van der Waals surface area contributed by atoms with Gasteiger partial charge in [0.15, 0.2) is 13.5 Å². The van der Waals surface area contributed by atoms with Crippen LogP contribution >= 0.6 is 59.2 Å². The second-order valence-electron chi connectivity index (χ2n) is 3.85. The molecule has 19 heavy (non-hydrogen) atoms. The fourth-order valence-corrected chi connectivity index (χ4v) is 4.71. The fourth-order valence-electron chi connectivity index (χ4n) is 1.26. The minimum Gasteiger partial charge on any atom is -0.287 e. The standard InChI is InChI=1S/C9H14N4OS5/c1-5(2)14-13-6(4-16-3)10-9(19-13)17-7-11-8(15)18-12-7/h5-6H,4H2,1-3H3,(H,11,12,15). The van der Waals surface area contributed by atoms with E-state index in [9.17, 15) is 0 Å². The highest BCUT2D eigenvalue weighted by molar-refractivity contribution is 8.38. The molecule has 1 aliphatic heterocycles. The summed E-state index contributed by atoms with van der Waals surface area (Å²) in [5, 5.41) is 0.788. The van der Waals surface area contributed by atoms with Gasteiger partial charge in [0.2, 0.25) is 0 Å². The number of hydroxylamine groups is 1. The number of hydrogen-bond donors (Lipinski definition) is 1. The van der Waals surface area contributed by atoms with Gasteiger partial charge in [-0.05, 0) is 55.6 Å². The van der Waals surface area contributed by atoms with Gasteiger partial charge in [0, 0.05) is 17.7 Å². The lowest BCUT2D eigenvalue weighted by Crippen LogP contribution is -2.29. The predicted octanol–water partition coefficient (Wildman–Crippen LogP) is 3.64. The molecular weight excluding hydrogens is 340 g/mol. The average Bonchev–Trinajstić information content (AvgIpc) is 2.87. The first-order valence-electron chi connectivity index (χ1n) is 5.52. The summed E-state index contributed by atoms with van der Waals surface area (Å²) in [5.74, 6) is 0.900. The van der Waals surface area contributed by atoms with Crippen LogP contribution in [-0.2, 0) is 4.84 Å². The Labute approximate surface area is 134 Å². The van der Waals surface area contributed by atoms with E-state index in [0.717, 1.165) is 15.3 Å². The molecule has 0 aliphatic carbocycles. The van der Waals surface area contributed by atoms with E-state index in [-0.39, 0.29) is 12.3 Å². The highest BCUT2D eigenvalue weighted by Crippen LogP contribution is 2.35. The van der Waals surface area contributed by atoms with Crippen LogP contribution in [-0.4, -0.2) is 42.5 Å². The van der Waals surface area contributed by atoms with Crippen molar-refractivity contribution in [1.82, 2.24) is 13.8 Å². The van der Waals surface area contributed by atoms with Gasteiger partial charge in [0.25, 0.3) is 0 Å². The zero-order valence-electron chi connectivity index (χ0n) is 10.7. The summed E-state index contributed by atoms with van der Waals surface area (Å²) in [4.78, 5) is 14.6. The molecule has 1 unspecified atom stereocenters. The van der Waals surface area contributed by atoms with Crippen molar-refractivity contribution < 1.29 is 4.84 Å². The number of aromatic nitrogens is 2. The number of aliphatic imine (C=N–C) groups is 1. The van der Waals surface area contributed by atoms with Gasteiger partial charge in [-0.25, -0.2) is 4.99 Å². The Balaban J connectivity index is 2.01. The maximum atomic E-state index is 5.76. The number of thioether (sulfide) groups is 2. The first-order valence-corrected chi connectivity index (χ1v) is 9.73. The molecule has 0 saturated heterocycles. The quantitative estimate of drug-likeness (QED) is 0.640. The van der Waals surface area contributed by atoms with Gasteiger partial charge in [-0.3, -0.25) is 9.21 Å². The van der Waals surface area contributed by atoms with E-state index in [2.05, 4.69) is 20.6 Å². The van der Waals surface area contributed by atoms with Crippen molar-refractivity contribution >= 4 is 63.6 Å². The summed E-state index contributed by atoms with van der Waals surface area (Å²) in [7, 11) is 0. The molecule has 1 aromatic heterocycles. The van der Waals surface area contributed by atoms with Gasteiger partial charge < -0.3 is 0 Å². The van der Waals surface area contributed by atoms with Crippen LogP contribution in [0.15, 0.2) is 10.1 Å². The first kappa shape index (κ1) is 15.8. The van der Waals surface area contributed by atoms with Crippen LogP contribution in [0.2, 0.25) is 0 Å². The van der Waals surface area contributed by atoms with E-state index in [4.69, 9.17) is 17.1 Å². The van der Waals surface area contributed by atoms with E-state index in [0.29, 0.717) is 3.95 Å². The van der Waals surface area contributed by atoms with Crippen molar-refractivity contribution in [2.45, 2.75) is 31.3 Å². The monoisotopic (exact) mass is 354 g/mol. The maximum Gasteiger partial charge on any atom is 0.199 e. The Bertz CT molecular complexity index is 499. The van der Waals surface area contributed by atoms with E-state index >= 15 is 0 Å². The second kappa shape index (κ2) is 7.43. The van der Waals surface area contributed by atoms with E-state index in [1.54, 1.807) is 11.8 Å². The first-order chi connectivity index (χ1) is 9.08. The smallest absolute Gasteiger partial charge is 0.199 e. The van der Waals surface area contributed by atoms with Crippen LogP contribution in [0, 0.1) is 3.95 Å². The van der Waals surface area contributed by atoms with Crippen LogP contribution in [0.4, 0.5) is 0 Å². The van der Waals surface area contributed by atoms with Gasteiger partial charge in [-0.2, -0.15) is 16.7 Å². The molecule has 10 heteroatoms. The minimum absolute atomic E-state index is 0.0477. The number of hydrogen-bond acceptors (Lipinski definition) is 9. The molecule has 2 heterocycles. The Kier molecular flexibility index (Phi) is 6.18. The third-order valence-electron chi connectivity index (χ3n) is 1.90. The third-order valence-corrected chi connectivity index (χ3v) is 5.47. The molecule has 0 aromatic carbocycles. The molecule has 5 nitrogen and oxygen atoms in total. The van der Waals surface area contributed by atoms with Crippen molar-refractivity contribution in [3.8, 4) is 0 Å². The molecular formula is C9H14N4OS5. The highest BCUT2D eigenvalue weighted by atomic mass is 32.2. The van der Waals surface area contributed by atoms with Gasteiger partial charge in [0.1, 0.15) is 6.17 Å². The topological polar surface area (TPSA) is 53.5 Å². The van der Waals surface area contributed by atoms with Gasteiger partial charge in [-0.15, -0.1) is 0 Å². The predicted molar refractivity (Wildman–Crippen MR) is 88.4 cm³/mol. The van der Waals surface area contributed by atoms with Crippen molar-refractivity contribution in [3.05, 3.63) is 3.95 Å². The van der Waals surface area contributed by atoms with Crippen LogP contribution in [0.1, 0.15) is 13.8 Å². The van der Waals surface area contributed by atoms with E-state index in [1.165, 1.54) is 35.2 Å². The molecule has 0 fully saturated rings. The third kappa shape index (κ3) is 4.73. The summed E-state index contributed by atoms with van der Waals surface area (Å²) in [6.07, 6.45) is 2.25. The second-order valence-corrected chi connectivity index (χ2v) is 8.37. The van der Waals surface area contributed by atoms with Crippen molar-refractivity contribution in [1.29, 1.82) is 0 Å². The lowest BCUT2D eigenvalue weighted by Gasteiger charge is -2.21. The summed E-state index contributed by atoms with van der Waals surface area (Å²) in [6, 6.07) is 0. The molecule has 1 atom stereocenters. The number of rotatable bonds is 5. The molecule has 0 bridgehead atoms. The number of nitrogens with zero attached hydrogens (tertiary/aromatic N) is 3. The van der Waals surface area contributed by atoms with Crippen LogP contribution < -0.4 is 0 Å². The molecule has 0 radical (unpaired) electrons. The molecule has 0 amide bonds. The van der Waals surface area contributed by atoms with Gasteiger partial charge in [0.05, 0.1) is 6.10 Å². The van der Waals surface area contributed by atoms with Crippen LogP contribution in [0.5, 0.6) is 0 Å². The van der Waals surface area contributed by atoms with Crippen LogP contribution in [0.25, 0.3) is 0 Å². The zero-order chi connectivity index (χ0) is 13.8. The fraction of sp³-hybridized carbons (Fsp3) is 0.667. The number of aromatic amines is 1. The van der Waals surface area contributed by atoms with Crippen molar-refractivity contribution in [2.75, 3.05) is 12.0 Å². The zero-order valence-corrected chi connectivity index (χ0v) is 14.7. The Morgan fingerprint density at radius 1 is 1.58 bits per heavy atom. The van der Waals surface area contributed by atoms with Crippen molar-refractivity contribution in [3.63, 3.8) is 0 Å². The molecule has 0 spiro atoms. The Morgan fingerprint density at radius 2 is 2.37 bits per heavy atom. The largest absolute Gasteiger partial charge is 0.287 e. The van der Waals surface area contributed by atoms with Crippen LogP contribution in [0.3, 0.4) is 0 Å². The summed E-state index contributed by atoms with van der Waals surface area (Å²) >= 11 is 11.1. The molecule has 1 N–H and O–H groups in total. The minimum atomic E-state index is 0.0477. The van der Waals surface area contributed by atoms with Gasteiger partial charge in [-0.1, -0.05) is 4.47 Å². The number of nitrogens with one attached hydrogen (secondary N) is 1. The average molecular weight is 355 g/mol. The molecule has 1 aliphatic rings. The van der Waals surface area contributed by atoms with Gasteiger partial charge >= 0.3 is 0 Å². The molecule has 106 valence electrons. The molecule has 0 saturated carbocycles. The normalized spacial score (nSPS) is 20.2. The van der Waals surface area contributed by atoms with Crippen molar-refractivity contribution in [2.24, 2.45) is 4.99 Å². The SMILES string of the molecule is CSCC1N=C(Sc2nc(=S)s[nH]2)SN1OC(C)C. The lowest BCUT2D eigenvalue weighted by atomic mass is 10.5. The maximum absolute atomic E-state index is 5.76. The molecule has 2 rings (SSSR count). The lowest BCUT2D eigenvalue weighted by molar-refractivity contribution is -0.126.